The van der Waals surface area contributed by atoms with Gasteiger partial charge < -0.3 is 5.11 Å². The normalized spacial score (nSPS) is 55.9. The van der Waals surface area contributed by atoms with Crippen molar-refractivity contribution in [1.29, 1.82) is 0 Å². The van der Waals surface area contributed by atoms with Gasteiger partial charge in [0.2, 0.25) is 0 Å². The number of carbonyl (C=O) groups excluding carboxylic acids is 1. The highest BCUT2D eigenvalue weighted by molar-refractivity contribution is 5.84. The fourth-order valence-electron chi connectivity index (χ4n) is 7.87. The Morgan fingerprint density at radius 2 is 1.78 bits per heavy atom. The van der Waals surface area contributed by atoms with Crippen molar-refractivity contribution in [3.05, 3.63) is 0 Å². The summed E-state index contributed by atoms with van der Waals surface area (Å²) in [6, 6.07) is 0. The third kappa shape index (κ3) is 2.12. The van der Waals surface area contributed by atoms with Crippen LogP contribution in [0, 0.1) is 40.4 Å². The molecule has 4 aliphatic rings. The number of carbonyl (C=O) groups is 1. The molecule has 0 aromatic rings. The third-order valence-electron chi connectivity index (χ3n) is 9.19. The molecule has 2 heteroatoms. The highest BCUT2D eigenvalue weighted by atomic mass is 16.3. The maximum Gasteiger partial charge on any atom is 0.161 e. The van der Waals surface area contributed by atoms with Gasteiger partial charge in [0, 0.05) is 6.42 Å². The maximum absolute atomic E-state index is 12.3. The zero-order valence-corrected chi connectivity index (χ0v) is 15.2. The number of rotatable bonds is 1. The molecule has 0 amide bonds. The van der Waals surface area contributed by atoms with Crippen LogP contribution in [0.2, 0.25) is 0 Å². The van der Waals surface area contributed by atoms with Gasteiger partial charge >= 0.3 is 0 Å². The fraction of sp³-hybridized carbons (Fsp3) is 0.952. The molecule has 0 heterocycles. The smallest absolute Gasteiger partial charge is 0.161 e. The third-order valence-corrected chi connectivity index (χ3v) is 9.19. The van der Waals surface area contributed by atoms with Crippen molar-refractivity contribution < 1.29 is 9.90 Å². The van der Waals surface area contributed by atoms with Gasteiger partial charge in [0.05, 0.1) is 0 Å². The van der Waals surface area contributed by atoms with Crippen LogP contribution in [0.4, 0.5) is 0 Å². The lowest BCUT2D eigenvalue weighted by molar-refractivity contribution is -0.154. The summed E-state index contributed by atoms with van der Waals surface area (Å²) in [5, 5.41) is 10.0. The first kappa shape index (κ1) is 16.1. The van der Waals surface area contributed by atoms with E-state index in [1.165, 1.54) is 44.9 Å². The molecule has 1 N–H and O–H groups in total. The van der Waals surface area contributed by atoms with Crippen LogP contribution in [0.3, 0.4) is 0 Å². The van der Waals surface area contributed by atoms with Crippen LogP contribution in [0.25, 0.3) is 0 Å². The topological polar surface area (TPSA) is 37.3 Å². The van der Waals surface area contributed by atoms with E-state index < -0.39 is 6.10 Å². The molecule has 130 valence electrons. The van der Waals surface area contributed by atoms with E-state index in [0.29, 0.717) is 17.8 Å². The van der Waals surface area contributed by atoms with Gasteiger partial charge in [0.25, 0.3) is 0 Å². The van der Waals surface area contributed by atoms with Gasteiger partial charge in [0.1, 0.15) is 6.10 Å². The molecule has 0 unspecified atom stereocenters. The Hall–Kier alpha value is -0.370. The van der Waals surface area contributed by atoms with Crippen molar-refractivity contribution >= 4 is 5.78 Å². The highest BCUT2D eigenvalue weighted by Crippen LogP contribution is 2.67. The van der Waals surface area contributed by atoms with Crippen LogP contribution in [-0.2, 0) is 4.79 Å². The van der Waals surface area contributed by atoms with E-state index in [1.807, 2.05) is 0 Å². The molecule has 0 aromatic carbocycles. The van der Waals surface area contributed by atoms with Gasteiger partial charge in [-0.15, -0.1) is 0 Å². The van der Waals surface area contributed by atoms with Crippen molar-refractivity contribution in [1.82, 2.24) is 0 Å². The second kappa shape index (κ2) is 5.31. The van der Waals surface area contributed by atoms with Gasteiger partial charge in [-0.25, -0.2) is 0 Å². The number of Topliss-reactive ketones (excluding diaryl/α,β-unsaturated/α-hetero) is 1. The van der Waals surface area contributed by atoms with Gasteiger partial charge in [-0.1, -0.05) is 27.2 Å². The van der Waals surface area contributed by atoms with Crippen LogP contribution < -0.4 is 0 Å². The maximum atomic E-state index is 12.3. The van der Waals surface area contributed by atoms with Crippen molar-refractivity contribution in [3.8, 4) is 0 Å². The summed E-state index contributed by atoms with van der Waals surface area (Å²) < 4.78 is 0. The Bertz CT molecular complexity index is 500. The monoisotopic (exact) mass is 318 g/mol. The lowest BCUT2D eigenvalue weighted by atomic mass is 9.44. The summed E-state index contributed by atoms with van der Waals surface area (Å²) in [6.07, 6.45) is 10.2. The molecule has 8 atom stereocenters. The molecular formula is C21H34O2. The van der Waals surface area contributed by atoms with Crippen molar-refractivity contribution in [2.24, 2.45) is 40.4 Å². The summed E-state index contributed by atoms with van der Waals surface area (Å²) in [7, 11) is 0. The largest absolute Gasteiger partial charge is 0.385 e. The van der Waals surface area contributed by atoms with Crippen LogP contribution >= 0.6 is 0 Å². The van der Waals surface area contributed by atoms with E-state index in [-0.39, 0.29) is 11.2 Å². The summed E-state index contributed by atoms with van der Waals surface area (Å²) in [4.78, 5) is 12.3. The van der Waals surface area contributed by atoms with Gasteiger partial charge in [-0.05, 0) is 85.4 Å². The number of hydrogen-bond acceptors (Lipinski definition) is 2. The molecule has 4 fully saturated rings. The Kier molecular flexibility index (Phi) is 3.72. The SMILES string of the molecule is CC[C@H]1CC[C@H]2[C@@H]3CC[C@H]4C[C@H](O)C(=O)C[C@]4(C)[C@H]3CC[C@]12C. The Balaban J connectivity index is 1.63. The average Bonchev–Trinajstić information content (AvgIpc) is 2.85. The summed E-state index contributed by atoms with van der Waals surface area (Å²) in [6.45, 7) is 7.36. The minimum Gasteiger partial charge on any atom is -0.385 e. The predicted octanol–water partition coefficient (Wildman–Crippen LogP) is 4.60. The van der Waals surface area contributed by atoms with E-state index >= 15 is 0 Å². The van der Waals surface area contributed by atoms with E-state index in [0.717, 1.165) is 30.1 Å². The Labute approximate surface area is 141 Å². The summed E-state index contributed by atoms with van der Waals surface area (Å²) in [5.74, 6) is 4.08. The zero-order chi connectivity index (χ0) is 16.4. The molecule has 4 saturated carbocycles. The highest BCUT2D eigenvalue weighted by Gasteiger charge is 2.60. The second-order valence-electron chi connectivity index (χ2n) is 9.78. The number of aliphatic hydroxyl groups excluding tert-OH is 1. The Morgan fingerprint density at radius 1 is 1.04 bits per heavy atom. The van der Waals surface area contributed by atoms with E-state index in [4.69, 9.17) is 0 Å². The molecule has 0 aromatic heterocycles. The molecule has 0 saturated heterocycles. The van der Waals surface area contributed by atoms with Crippen LogP contribution in [0.5, 0.6) is 0 Å². The molecule has 0 spiro atoms. The van der Waals surface area contributed by atoms with E-state index in [9.17, 15) is 9.90 Å². The van der Waals surface area contributed by atoms with Crippen LogP contribution in [-0.4, -0.2) is 17.0 Å². The molecule has 0 radical (unpaired) electrons. The number of hydrogen-bond donors (Lipinski definition) is 1. The van der Waals surface area contributed by atoms with Crippen molar-refractivity contribution in [3.63, 3.8) is 0 Å². The lowest BCUT2D eigenvalue weighted by Crippen LogP contribution is -2.55. The summed E-state index contributed by atoms with van der Waals surface area (Å²) >= 11 is 0. The molecule has 4 aliphatic carbocycles. The lowest BCUT2D eigenvalue weighted by Gasteiger charge is -2.60. The molecular weight excluding hydrogens is 284 g/mol. The first-order valence-corrected chi connectivity index (χ1v) is 10.1. The standard InChI is InChI=1S/C21H34O2/c1-4-13-6-8-16-15-7-5-14-11-18(22)19(23)12-21(14,3)17(15)9-10-20(13,16)2/h13-18,22H,4-12H2,1-3H3/t13-,14-,15-,16-,17-,18-,20+,21-/m0/s1. The van der Waals surface area contributed by atoms with Gasteiger partial charge in [0.15, 0.2) is 5.78 Å². The quantitative estimate of drug-likeness (QED) is 0.767. The van der Waals surface area contributed by atoms with Crippen molar-refractivity contribution in [2.45, 2.75) is 84.7 Å². The molecule has 4 rings (SSSR count). The number of fused-ring (bicyclic) bond motifs is 5. The van der Waals surface area contributed by atoms with Crippen LogP contribution in [0.1, 0.15) is 78.6 Å². The first-order valence-electron chi connectivity index (χ1n) is 10.1. The van der Waals surface area contributed by atoms with Crippen molar-refractivity contribution in [2.75, 3.05) is 0 Å². The van der Waals surface area contributed by atoms with Gasteiger partial charge in [-0.2, -0.15) is 0 Å². The van der Waals surface area contributed by atoms with E-state index in [2.05, 4.69) is 20.8 Å². The summed E-state index contributed by atoms with van der Waals surface area (Å²) in [5.41, 5.74) is 0.738. The average molecular weight is 319 g/mol. The minimum atomic E-state index is -0.672. The zero-order valence-electron chi connectivity index (χ0n) is 15.2. The fourth-order valence-corrected chi connectivity index (χ4v) is 7.87. The first-order chi connectivity index (χ1) is 10.9. The second-order valence-corrected chi connectivity index (χ2v) is 9.78. The number of aliphatic hydroxyl groups is 1. The molecule has 2 nitrogen and oxygen atoms in total. The van der Waals surface area contributed by atoms with Gasteiger partial charge in [-0.3, -0.25) is 4.79 Å². The van der Waals surface area contributed by atoms with Crippen LogP contribution in [0.15, 0.2) is 0 Å². The molecule has 0 aliphatic heterocycles. The predicted molar refractivity (Wildman–Crippen MR) is 91.9 cm³/mol. The number of ketones is 1. The minimum absolute atomic E-state index is 0.121. The van der Waals surface area contributed by atoms with E-state index in [1.54, 1.807) is 0 Å². The Morgan fingerprint density at radius 3 is 2.52 bits per heavy atom. The molecule has 23 heavy (non-hydrogen) atoms. The molecule has 0 bridgehead atoms.